The van der Waals surface area contributed by atoms with E-state index in [1.165, 1.54) is 28.3 Å². The molecule has 1 spiro atoms. The summed E-state index contributed by atoms with van der Waals surface area (Å²) in [4.78, 5) is 44.8. The Labute approximate surface area is 227 Å². The Bertz CT molecular complexity index is 1530. The van der Waals surface area contributed by atoms with E-state index in [4.69, 9.17) is 14.2 Å². The van der Waals surface area contributed by atoms with E-state index in [9.17, 15) is 14.4 Å². The van der Waals surface area contributed by atoms with Crippen LogP contribution in [-0.2, 0) is 4.79 Å². The Morgan fingerprint density at radius 3 is 2.03 bits per heavy atom. The van der Waals surface area contributed by atoms with E-state index in [1.807, 2.05) is 42.2 Å². The largest absolute Gasteiger partial charge is 0.493 e. The van der Waals surface area contributed by atoms with Crippen LogP contribution < -0.4 is 19.1 Å². The van der Waals surface area contributed by atoms with Crippen molar-refractivity contribution in [1.82, 2.24) is 0 Å². The predicted molar refractivity (Wildman–Crippen MR) is 147 cm³/mol. The summed E-state index contributed by atoms with van der Waals surface area (Å²) >= 11 is 0. The van der Waals surface area contributed by atoms with Gasteiger partial charge in [0.05, 0.1) is 33.4 Å². The van der Waals surface area contributed by atoms with Gasteiger partial charge >= 0.3 is 0 Å². The van der Waals surface area contributed by atoms with Crippen LogP contribution in [-0.4, -0.2) is 50.8 Å². The maximum Gasteiger partial charge on any atom is 0.203 e. The fourth-order valence-electron chi connectivity index (χ4n) is 6.88. The van der Waals surface area contributed by atoms with E-state index in [-0.39, 0.29) is 17.3 Å². The van der Waals surface area contributed by atoms with Crippen molar-refractivity contribution >= 4 is 29.1 Å². The number of benzene rings is 3. The van der Waals surface area contributed by atoms with Crippen LogP contribution in [0.2, 0.25) is 0 Å². The molecule has 198 valence electrons. The van der Waals surface area contributed by atoms with Gasteiger partial charge in [0.2, 0.25) is 5.75 Å². The first-order valence-corrected chi connectivity index (χ1v) is 12.9. The van der Waals surface area contributed by atoms with Crippen LogP contribution in [0.15, 0.2) is 60.7 Å². The fourth-order valence-corrected chi connectivity index (χ4v) is 6.88. The molecule has 39 heavy (non-hydrogen) atoms. The number of fused-ring (bicyclic) bond motifs is 5. The van der Waals surface area contributed by atoms with Crippen LogP contribution in [0.4, 0.5) is 5.69 Å². The highest BCUT2D eigenvalue weighted by Gasteiger charge is 2.71. The maximum absolute atomic E-state index is 14.6. The number of nitrogens with zero attached hydrogens (tertiary/aromatic N) is 1. The van der Waals surface area contributed by atoms with E-state index in [2.05, 4.69) is 0 Å². The molecule has 0 unspecified atom stereocenters. The van der Waals surface area contributed by atoms with Crippen molar-refractivity contribution in [3.8, 4) is 17.2 Å². The van der Waals surface area contributed by atoms with Gasteiger partial charge in [-0.15, -0.1) is 0 Å². The number of carbonyl (C=O) groups excluding carboxylic acids is 3. The average Bonchev–Trinajstić information content (AvgIpc) is 3.38. The van der Waals surface area contributed by atoms with Gasteiger partial charge in [-0.05, 0) is 48.7 Å². The molecule has 1 aliphatic carbocycles. The van der Waals surface area contributed by atoms with Gasteiger partial charge in [0.25, 0.3) is 0 Å². The smallest absolute Gasteiger partial charge is 0.203 e. The molecule has 2 aliphatic heterocycles. The monoisotopic (exact) mass is 523 g/mol. The van der Waals surface area contributed by atoms with Crippen LogP contribution in [0.5, 0.6) is 17.2 Å². The molecule has 3 atom stereocenters. The summed E-state index contributed by atoms with van der Waals surface area (Å²) in [7, 11) is 4.54. The Morgan fingerprint density at radius 1 is 0.872 bits per heavy atom. The quantitative estimate of drug-likeness (QED) is 0.433. The van der Waals surface area contributed by atoms with E-state index >= 15 is 0 Å². The summed E-state index contributed by atoms with van der Waals surface area (Å²) in [6, 6.07) is 15.0. The second kappa shape index (κ2) is 8.83. The van der Waals surface area contributed by atoms with Crippen LogP contribution >= 0.6 is 0 Å². The molecule has 3 aromatic carbocycles. The van der Waals surface area contributed by atoms with Crippen molar-refractivity contribution in [1.29, 1.82) is 0 Å². The minimum absolute atomic E-state index is 0.144. The van der Waals surface area contributed by atoms with Crippen molar-refractivity contribution in [3.63, 3.8) is 0 Å². The van der Waals surface area contributed by atoms with Crippen molar-refractivity contribution < 1.29 is 28.6 Å². The molecule has 2 heterocycles. The predicted octanol–water partition coefficient (Wildman–Crippen LogP) is 5.04. The molecule has 3 aromatic rings. The number of hydrogen-bond donors (Lipinski definition) is 0. The van der Waals surface area contributed by atoms with Gasteiger partial charge < -0.3 is 19.1 Å². The van der Waals surface area contributed by atoms with Crippen molar-refractivity contribution in [3.05, 3.63) is 88.5 Å². The first-order chi connectivity index (χ1) is 18.8. The zero-order chi connectivity index (χ0) is 27.6. The summed E-state index contributed by atoms with van der Waals surface area (Å²) in [6.07, 6.45) is 3.86. The molecule has 0 bridgehead atoms. The minimum atomic E-state index is -1.57. The van der Waals surface area contributed by atoms with Crippen molar-refractivity contribution in [2.24, 2.45) is 5.41 Å². The zero-order valence-electron chi connectivity index (χ0n) is 22.5. The first-order valence-electron chi connectivity index (χ1n) is 12.9. The fraction of sp³-hybridized carbons (Fsp3) is 0.281. The Hall–Kier alpha value is -4.39. The Morgan fingerprint density at radius 2 is 1.49 bits per heavy atom. The molecule has 7 nitrogen and oxygen atoms in total. The molecule has 7 heteroatoms. The number of rotatable bonds is 5. The van der Waals surface area contributed by atoms with Gasteiger partial charge in [0.1, 0.15) is 5.41 Å². The molecule has 0 amide bonds. The van der Waals surface area contributed by atoms with Crippen LogP contribution in [0.25, 0.3) is 6.08 Å². The molecule has 0 radical (unpaired) electrons. The highest BCUT2D eigenvalue weighted by Crippen LogP contribution is 2.61. The molecular formula is C32H29NO6. The van der Waals surface area contributed by atoms with Gasteiger partial charge in [-0.25, -0.2) is 0 Å². The topological polar surface area (TPSA) is 82.1 Å². The third kappa shape index (κ3) is 3.19. The summed E-state index contributed by atoms with van der Waals surface area (Å²) in [6.45, 7) is 3.51. The van der Waals surface area contributed by atoms with Crippen LogP contribution in [0.3, 0.4) is 0 Å². The van der Waals surface area contributed by atoms with E-state index < -0.39 is 23.4 Å². The number of aryl methyl sites for hydroxylation is 1. The summed E-state index contributed by atoms with van der Waals surface area (Å²) < 4.78 is 16.8. The summed E-state index contributed by atoms with van der Waals surface area (Å²) in [5, 5.41) is 0. The molecular weight excluding hydrogens is 494 g/mol. The number of hydrogen-bond acceptors (Lipinski definition) is 7. The summed E-state index contributed by atoms with van der Waals surface area (Å²) in [5.41, 5.74) is 2.56. The molecule has 0 aromatic heterocycles. The van der Waals surface area contributed by atoms with Crippen molar-refractivity contribution in [2.45, 2.75) is 31.8 Å². The van der Waals surface area contributed by atoms with E-state index in [1.54, 1.807) is 36.4 Å². The highest BCUT2D eigenvalue weighted by atomic mass is 16.5. The van der Waals surface area contributed by atoms with E-state index in [0.717, 1.165) is 16.8 Å². The molecule has 0 N–H and O–H groups in total. The van der Waals surface area contributed by atoms with Gasteiger partial charge in [0.15, 0.2) is 28.8 Å². The number of Topliss-reactive ketones (excluding diaryl/α,β-unsaturated/α-hetero) is 3. The second-order valence-corrected chi connectivity index (χ2v) is 10.3. The SMILES string of the molecule is COc1cc([C@H]2[C@H](C(C)=O)N3c4cc(C)ccc4C=C[C@@H]3C23C(=O)c2ccccc2C3=O)cc(OC)c1OC. The maximum atomic E-state index is 14.6. The summed E-state index contributed by atoms with van der Waals surface area (Å²) in [5.74, 6) is -0.358. The minimum Gasteiger partial charge on any atom is -0.493 e. The molecule has 6 rings (SSSR count). The van der Waals surface area contributed by atoms with Gasteiger partial charge in [0, 0.05) is 22.7 Å². The lowest BCUT2D eigenvalue weighted by molar-refractivity contribution is -0.118. The van der Waals surface area contributed by atoms with E-state index in [0.29, 0.717) is 33.9 Å². The number of carbonyl (C=O) groups is 3. The standard InChI is InChI=1S/C32H29NO6/c1-17-10-11-19-12-13-26-32(30(35)21-8-6-7-9-22(21)31(32)36)27(28(18(2)34)33(26)23(19)14-17)20-15-24(37-3)29(39-5)25(16-20)38-4/h6-16,26-28H,1-5H3/t26-,27+,28+/m1/s1. The number of anilines is 1. The van der Waals surface area contributed by atoms with Crippen LogP contribution in [0.1, 0.15) is 50.2 Å². The zero-order valence-corrected chi connectivity index (χ0v) is 22.5. The second-order valence-electron chi connectivity index (χ2n) is 10.3. The average molecular weight is 524 g/mol. The van der Waals surface area contributed by atoms with Gasteiger partial charge in [-0.3, -0.25) is 14.4 Å². The van der Waals surface area contributed by atoms with Crippen molar-refractivity contribution in [2.75, 3.05) is 26.2 Å². The lowest BCUT2D eigenvalue weighted by atomic mass is 9.64. The molecule has 0 saturated carbocycles. The number of ketones is 3. The number of methoxy groups -OCH3 is 3. The Balaban J connectivity index is 1.70. The van der Waals surface area contributed by atoms with Gasteiger partial charge in [-0.2, -0.15) is 0 Å². The molecule has 1 fully saturated rings. The van der Waals surface area contributed by atoms with Gasteiger partial charge in [-0.1, -0.05) is 48.6 Å². The number of ether oxygens (including phenoxy) is 3. The lowest BCUT2D eigenvalue weighted by Crippen LogP contribution is -2.48. The Kier molecular flexibility index (Phi) is 5.64. The highest BCUT2D eigenvalue weighted by molar-refractivity contribution is 6.32. The first kappa shape index (κ1) is 24.9. The lowest BCUT2D eigenvalue weighted by Gasteiger charge is -2.37. The van der Waals surface area contributed by atoms with Crippen LogP contribution in [0, 0.1) is 12.3 Å². The molecule has 1 saturated heterocycles. The third-order valence-electron chi connectivity index (χ3n) is 8.42. The normalized spacial score (nSPS) is 22.0. The molecule has 3 aliphatic rings. The third-order valence-corrected chi connectivity index (χ3v) is 8.42.